The SMILES string of the molecule is COC(=O)COc1ccc(OC/C=C(\c2ccc(C#CCn3cccn3)cc2)c2ccc(C(C)(C)C)cc2)cc1C. The van der Waals surface area contributed by atoms with Crippen molar-refractivity contribution in [1.82, 2.24) is 9.78 Å². The number of hydrogen-bond acceptors (Lipinski definition) is 5. The summed E-state index contributed by atoms with van der Waals surface area (Å²) in [7, 11) is 1.34. The van der Waals surface area contributed by atoms with Crippen LogP contribution < -0.4 is 9.47 Å². The molecule has 0 aliphatic carbocycles. The van der Waals surface area contributed by atoms with Crippen LogP contribution in [0.1, 0.15) is 48.6 Å². The van der Waals surface area contributed by atoms with Gasteiger partial charge in [0.15, 0.2) is 6.61 Å². The highest BCUT2D eigenvalue weighted by Crippen LogP contribution is 2.29. The Bertz CT molecular complexity index is 1530. The number of rotatable bonds is 9. The maximum absolute atomic E-state index is 11.4. The zero-order valence-corrected chi connectivity index (χ0v) is 24.3. The Morgan fingerprint density at radius 1 is 0.976 bits per heavy atom. The van der Waals surface area contributed by atoms with Crippen LogP contribution in [-0.4, -0.2) is 36.1 Å². The minimum Gasteiger partial charge on any atom is -0.489 e. The number of ether oxygens (including phenoxy) is 3. The molecular weight excluding hydrogens is 512 g/mol. The molecule has 0 bridgehead atoms. The largest absolute Gasteiger partial charge is 0.489 e. The second-order valence-corrected chi connectivity index (χ2v) is 10.6. The molecule has 0 atom stereocenters. The average Bonchev–Trinajstić information content (AvgIpc) is 3.48. The van der Waals surface area contributed by atoms with Crippen molar-refractivity contribution in [3.8, 4) is 23.3 Å². The predicted octanol–water partition coefficient (Wildman–Crippen LogP) is 6.60. The van der Waals surface area contributed by atoms with E-state index >= 15 is 0 Å². The molecule has 0 saturated heterocycles. The van der Waals surface area contributed by atoms with Crippen LogP contribution >= 0.6 is 0 Å². The monoisotopic (exact) mass is 548 g/mol. The van der Waals surface area contributed by atoms with Gasteiger partial charge in [0.05, 0.1) is 7.11 Å². The van der Waals surface area contributed by atoms with E-state index in [1.54, 1.807) is 16.9 Å². The molecular formula is C35H36N2O4. The van der Waals surface area contributed by atoms with E-state index in [2.05, 4.69) is 84.9 Å². The van der Waals surface area contributed by atoms with Gasteiger partial charge in [-0.3, -0.25) is 4.68 Å². The van der Waals surface area contributed by atoms with Crippen LogP contribution in [-0.2, 0) is 21.5 Å². The average molecular weight is 549 g/mol. The summed E-state index contributed by atoms with van der Waals surface area (Å²) < 4.78 is 18.1. The summed E-state index contributed by atoms with van der Waals surface area (Å²) in [6.45, 7) is 9.35. The van der Waals surface area contributed by atoms with Gasteiger partial charge in [0, 0.05) is 18.0 Å². The molecule has 0 saturated carbocycles. The Morgan fingerprint density at radius 3 is 2.29 bits per heavy atom. The van der Waals surface area contributed by atoms with Gasteiger partial charge in [-0.25, -0.2) is 4.79 Å². The maximum Gasteiger partial charge on any atom is 0.343 e. The van der Waals surface area contributed by atoms with E-state index in [0.29, 0.717) is 18.9 Å². The summed E-state index contributed by atoms with van der Waals surface area (Å²) >= 11 is 0. The highest BCUT2D eigenvalue weighted by atomic mass is 16.6. The molecule has 210 valence electrons. The fraction of sp³-hybridized carbons (Fsp3) is 0.257. The standard InChI is InChI=1S/C35H36N2O4/c1-26-24-31(17-18-33(26)41-25-34(38)39-5)40-23-19-32(29-13-15-30(16-14-29)35(2,3)4)28-11-9-27(10-12-28)8-6-21-37-22-7-20-36-37/h7,9-20,22,24H,21,23,25H2,1-5H3/b32-19+. The Labute approximate surface area is 242 Å². The van der Waals surface area contributed by atoms with Gasteiger partial charge in [0.2, 0.25) is 0 Å². The van der Waals surface area contributed by atoms with Gasteiger partial charge in [0.25, 0.3) is 0 Å². The molecule has 6 heteroatoms. The molecule has 0 radical (unpaired) electrons. The number of methoxy groups -OCH3 is 1. The number of aromatic nitrogens is 2. The van der Waals surface area contributed by atoms with Crippen LogP contribution in [0.15, 0.2) is 91.3 Å². The molecule has 0 fully saturated rings. The molecule has 0 spiro atoms. The highest BCUT2D eigenvalue weighted by Gasteiger charge is 2.14. The summed E-state index contributed by atoms with van der Waals surface area (Å²) in [5.74, 6) is 7.29. The first-order chi connectivity index (χ1) is 19.7. The molecule has 3 aromatic carbocycles. The van der Waals surface area contributed by atoms with Gasteiger partial charge in [-0.15, -0.1) is 0 Å². The van der Waals surface area contributed by atoms with Crippen molar-refractivity contribution in [3.63, 3.8) is 0 Å². The van der Waals surface area contributed by atoms with E-state index in [9.17, 15) is 4.79 Å². The molecule has 4 rings (SSSR count). The first-order valence-corrected chi connectivity index (χ1v) is 13.5. The molecule has 0 amide bonds. The van der Waals surface area contributed by atoms with Crippen molar-refractivity contribution >= 4 is 11.5 Å². The summed E-state index contributed by atoms with van der Waals surface area (Å²) in [5, 5.41) is 4.19. The number of aryl methyl sites for hydroxylation is 1. The van der Waals surface area contributed by atoms with E-state index in [1.165, 1.54) is 12.7 Å². The third kappa shape index (κ3) is 8.36. The molecule has 1 heterocycles. The van der Waals surface area contributed by atoms with Crippen LogP contribution in [0, 0.1) is 18.8 Å². The topological polar surface area (TPSA) is 62.6 Å². The van der Waals surface area contributed by atoms with Crippen molar-refractivity contribution in [3.05, 3.63) is 119 Å². The Hall–Kier alpha value is -4.76. The van der Waals surface area contributed by atoms with Crippen LogP contribution in [0.5, 0.6) is 11.5 Å². The summed E-state index contributed by atoms with van der Waals surface area (Å²) in [6, 6.07) is 24.4. The molecule has 4 aromatic rings. The lowest BCUT2D eigenvalue weighted by Gasteiger charge is -2.19. The molecule has 41 heavy (non-hydrogen) atoms. The van der Waals surface area contributed by atoms with Gasteiger partial charge in [-0.2, -0.15) is 5.10 Å². The van der Waals surface area contributed by atoms with E-state index in [1.807, 2.05) is 43.5 Å². The van der Waals surface area contributed by atoms with Crippen LogP contribution in [0.25, 0.3) is 5.57 Å². The smallest absolute Gasteiger partial charge is 0.343 e. The highest BCUT2D eigenvalue weighted by molar-refractivity contribution is 5.80. The number of carbonyl (C=O) groups excluding carboxylic acids is 1. The number of benzene rings is 3. The molecule has 6 nitrogen and oxygen atoms in total. The van der Waals surface area contributed by atoms with Crippen LogP contribution in [0.4, 0.5) is 0 Å². The summed E-state index contributed by atoms with van der Waals surface area (Å²) in [6.07, 6.45) is 5.75. The lowest BCUT2D eigenvalue weighted by molar-refractivity contribution is -0.142. The lowest BCUT2D eigenvalue weighted by Crippen LogP contribution is -2.13. The first-order valence-electron chi connectivity index (χ1n) is 13.5. The van der Waals surface area contributed by atoms with Gasteiger partial charge in [-0.1, -0.05) is 69.0 Å². The Balaban J connectivity index is 1.52. The molecule has 0 unspecified atom stereocenters. The van der Waals surface area contributed by atoms with Crippen molar-refractivity contribution in [2.45, 2.75) is 39.7 Å². The fourth-order valence-corrected chi connectivity index (χ4v) is 4.19. The number of esters is 1. The molecule has 0 aliphatic heterocycles. The van der Waals surface area contributed by atoms with E-state index in [0.717, 1.165) is 33.6 Å². The van der Waals surface area contributed by atoms with Crippen molar-refractivity contribution in [1.29, 1.82) is 0 Å². The first kappa shape index (κ1) is 29.2. The zero-order chi connectivity index (χ0) is 29.2. The lowest BCUT2D eigenvalue weighted by atomic mass is 9.85. The molecule has 0 N–H and O–H groups in total. The fourth-order valence-electron chi connectivity index (χ4n) is 4.19. The third-order valence-electron chi connectivity index (χ3n) is 6.55. The normalized spacial score (nSPS) is 11.4. The Kier molecular flexibility index (Phi) is 9.65. The maximum atomic E-state index is 11.4. The predicted molar refractivity (Wildman–Crippen MR) is 162 cm³/mol. The number of hydrogen-bond donors (Lipinski definition) is 0. The summed E-state index contributed by atoms with van der Waals surface area (Å²) in [5.41, 5.74) is 6.45. The van der Waals surface area contributed by atoms with Gasteiger partial charge < -0.3 is 14.2 Å². The van der Waals surface area contributed by atoms with Crippen molar-refractivity contribution < 1.29 is 19.0 Å². The third-order valence-corrected chi connectivity index (χ3v) is 6.55. The van der Waals surface area contributed by atoms with Crippen LogP contribution in [0.2, 0.25) is 0 Å². The number of nitrogens with zero attached hydrogens (tertiary/aromatic N) is 2. The quantitative estimate of drug-likeness (QED) is 0.174. The van der Waals surface area contributed by atoms with Gasteiger partial charge in [0.1, 0.15) is 24.7 Å². The van der Waals surface area contributed by atoms with Gasteiger partial charge >= 0.3 is 5.97 Å². The summed E-state index contributed by atoms with van der Waals surface area (Å²) in [4.78, 5) is 11.4. The minimum absolute atomic E-state index is 0.0760. The second-order valence-electron chi connectivity index (χ2n) is 10.6. The zero-order valence-electron chi connectivity index (χ0n) is 24.3. The van der Waals surface area contributed by atoms with E-state index in [4.69, 9.17) is 9.47 Å². The van der Waals surface area contributed by atoms with Crippen molar-refractivity contribution in [2.75, 3.05) is 20.3 Å². The molecule has 0 aliphatic rings. The van der Waals surface area contributed by atoms with Crippen molar-refractivity contribution in [2.24, 2.45) is 0 Å². The van der Waals surface area contributed by atoms with Gasteiger partial charge in [-0.05, 0) is 82.6 Å². The number of carbonyl (C=O) groups is 1. The minimum atomic E-state index is -0.424. The van der Waals surface area contributed by atoms with Crippen LogP contribution in [0.3, 0.4) is 0 Å². The second kappa shape index (κ2) is 13.5. The van der Waals surface area contributed by atoms with E-state index < -0.39 is 5.97 Å². The molecule has 1 aromatic heterocycles. The Morgan fingerprint density at radius 2 is 1.68 bits per heavy atom. The van der Waals surface area contributed by atoms with E-state index in [-0.39, 0.29) is 12.0 Å².